The number of thioether (sulfide) groups is 1. The molecule has 3 N–H and O–H groups in total. The van der Waals surface area contributed by atoms with Crippen LogP contribution in [0.25, 0.3) is 0 Å². The van der Waals surface area contributed by atoms with E-state index in [1.165, 1.54) is 19.3 Å². The highest BCUT2D eigenvalue weighted by Crippen LogP contribution is 2.38. The molecule has 0 aromatic heterocycles. The van der Waals surface area contributed by atoms with Crippen LogP contribution < -0.4 is 5.73 Å². The minimum Gasteiger partial charge on any atom is -0.409 e. The molecule has 5 heteroatoms. The highest BCUT2D eigenvalue weighted by Gasteiger charge is 2.40. The van der Waals surface area contributed by atoms with Crippen LogP contribution in [0.4, 0.5) is 0 Å². The van der Waals surface area contributed by atoms with Crippen LogP contribution in [-0.2, 0) is 0 Å². The zero-order valence-electron chi connectivity index (χ0n) is 13.0. The van der Waals surface area contributed by atoms with Crippen LogP contribution in [0, 0.1) is 11.8 Å². The molecule has 0 aromatic rings. The summed E-state index contributed by atoms with van der Waals surface area (Å²) in [6, 6.07) is 0.744. The number of piperidine rings is 1. The van der Waals surface area contributed by atoms with Gasteiger partial charge >= 0.3 is 0 Å². The summed E-state index contributed by atoms with van der Waals surface area (Å²) in [7, 11) is 0. The Morgan fingerprint density at radius 3 is 2.40 bits per heavy atom. The Balaban J connectivity index is 1.94. The summed E-state index contributed by atoms with van der Waals surface area (Å²) in [6.45, 7) is 6.92. The van der Waals surface area contributed by atoms with Crippen molar-refractivity contribution in [3.63, 3.8) is 0 Å². The van der Waals surface area contributed by atoms with Crippen LogP contribution in [0.15, 0.2) is 5.16 Å². The van der Waals surface area contributed by atoms with E-state index in [4.69, 9.17) is 10.9 Å². The summed E-state index contributed by atoms with van der Waals surface area (Å²) in [5.41, 5.74) is 5.92. The van der Waals surface area contributed by atoms with Crippen LogP contribution in [0.3, 0.4) is 0 Å². The molecule has 3 atom stereocenters. The lowest BCUT2D eigenvalue weighted by molar-refractivity contribution is 0.0885. The van der Waals surface area contributed by atoms with E-state index in [1.54, 1.807) is 11.8 Å². The van der Waals surface area contributed by atoms with Gasteiger partial charge in [0.05, 0.1) is 4.75 Å². The van der Waals surface area contributed by atoms with E-state index < -0.39 is 0 Å². The molecule has 1 saturated carbocycles. The predicted octanol–water partition coefficient (Wildman–Crippen LogP) is 2.76. The maximum absolute atomic E-state index is 9.00. The molecule has 0 bridgehead atoms. The van der Waals surface area contributed by atoms with Gasteiger partial charge in [0, 0.05) is 19.1 Å². The maximum atomic E-state index is 9.00. The van der Waals surface area contributed by atoms with E-state index in [9.17, 15) is 0 Å². The van der Waals surface area contributed by atoms with Crippen molar-refractivity contribution in [3.05, 3.63) is 0 Å². The molecule has 116 valence electrons. The van der Waals surface area contributed by atoms with E-state index in [-0.39, 0.29) is 4.75 Å². The Bertz CT molecular complexity index is 353. The van der Waals surface area contributed by atoms with Gasteiger partial charge in [-0.3, -0.25) is 0 Å². The van der Waals surface area contributed by atoms with Crippen molar-refractivity contribution in [1.82, 2.24) is 4.90 Å². The van der Waals surface area contributed by atoms with Gasteiger partial charge in [-0.1, -0.05) is 19.0 Å². The smallest absolute Gasteiger partial charge is 0.155 e. The zero-order valence-corrected chi connectivity index (χ0v) is 13.8. The molecule has 0 amide bonds. The van der Waals surface area contributed by atoms with Crippen molar-refractivity contribution < 1.29 is 5.21 Å². The number of nitrogens with two attached hydrogens (primary N) is 1. The summed E-state index contributed by atoms with van der Waals surface area (Å²) in [4.78, 5) is 2.64. The number of likely N-dealkylation sites (tertiary alicyclic amines) is 1. The molecule has 4 nitrogen and oxygen atoms in total. The Hall–Kier alpha value is -0.420. The molecule has 1 saturated heterocycles. The fraction of sp³-hybridized carbons (Fsp3) is 0.933. The normalized spacial score (nSPS) is 36.0. The highest BCUT2D eigenvalue weighted by molar-refractivity contribution is 8.00. The SMILES string of the molecule is CSC1(C(N)=NO)CCN(C2CCC(C)C(C)C2)CC1. The number of oxime groups is 1. The lowest BCUT2D eigenvalue weighted by Gasteiger charge is -2.45. The van der Waals surface area contributed by atoms with Crippen LogP contribution in [-0.4, -0.2) is 46.1 Å². The van der Waals surface area contributed by atoms with Gasteiger partial charge in [0.2, 0.25) is 0 Å². The fourth-order valence-corrected chi connectivity index (χ4v) is 4.60. The second kappa shape index (κ2) is 6.56. The third kappa shape index (κ3) is 3.08. The number of hydrogen-bond donors (Lipinski definition) is 2. The Morgan fingerprint density at radius 1 is 1.25 bits per heavy atom. The number of rotatable bonds is 3. The Kier molecular flexibility index (Phi) is 5.24. The van der Waals surface area contributed by atoms with E-state index in [0.29, 0.717) is 5.84 Å². The van der Waals surface area contributed by atoms with Gasteiger partial charge < -0.3 is 15.8 Å². The lowest BCUT2D eigenvalue weighted by Crippen LogP contribution is -2.53. The van der Waals surface area contributed by atoms with Crippen molar-refractivity contribution in [2.24, 2.45) is 22.7 Å². The van der Waals surface area contributed by atoms with E-state index in [2.05, 4.69) is 30.2 Å². The molecule has 1 aliphatic carbocycles. The average molecular weight is 299 g/mol. The molecular formula is C15H29N3OS. The van der Waals surface area contributed by atoms with Gasteiger partial charge in [-0.15, -0.1) is 0 Å². The topological polar surface area (TPSA) is 61.9 Å². The third-order valence-corrected chi connectivity index (χ3v) is 7.06. The monoisotopic (exact) mass is 299 g/mol. The van der Waals surface area contributed by atoms with Gasteiger partial charge in [-0.25, -0.2) is 0 Å². The number of nitrogens with zero attached hydrogens (tertiary/aromatic N) is 2. The van der Waals surface area contributed by atoms with Gasteiger partial charge in [-0.05, 0) is 50.2 Å². The Morgan fingerprint density at radius 2 is 1.90 bits per heavy atom. The fourth-order valence-electron chi connectivity index (χ4n) is 3.76. The van der Waals surface area contributed by atoms with E-state index in [1.807, 2.05) is 0 Å². The first-order valence-electron chi connectivity index (χ1n) is 7.79. The van der Waals surface area contributed by atoms with E-state index in [0.717, 1.165) is 43.8 Å². The minimum absolute atomic E-state index is 0.154. The molecule has 1 heterocycles. The zero-order chi connectivity index (χ0) is 14.8. The molecule has 2 aliphatic rings. The summed E-state index contributed by atoms with van der Waals surface area (Å²) in [5, 5.41) is 12.3. The molecule has 1 aliphatic heterocycles. The van der Waals surface area contributed by atoms with Crippen molar-refractivity contribution in [3.8, 4) is 0 Å². The van der Waals surface area contributed by atoms with Gasteiger partial charge in [-0.2, -0.15) is 11.8 Å². The first-order valence-corrected chi connectivity index (χ1v) is 9.02. The molecule has 2 rings (SSSR count). The molecule has 3 unspecified atom stereocenters. The third-order valence-electron chi connectivity index (χ3n) is 5.66. The van der Waals surface area contributed by atoms with Crippen molar-refractivity contribution in [2.75, 3.05) is 19.3 Å². The van der Waals surface area contributed by atoms with Crippen molar-refractivity contribution in [2.45, 2.75) is 56.7 Å². The Labute approximate surface area is 127 Å². The number of hydrogen-bond acceptors (Lipinski definition) is 4. The molecule has 20 heavy (non-hydrogen) atoms. The highest BCUT2D eigenvalue weighted by atomic mass is 32.2. The quantitative estimate of drug-likeness (QED) is 0.364. The van der Waals surface area contributed by atoms with Gasteiger partial charge in [0.1, 0.15) is 0 Å². The molecule has 0 spiro atoms. The second-order valence-electron chi connectivity index (χ2n) is 6.64. The lowest BCUT2D eigenvalue weighted by atomic mass is 9.78. The molecule has 0 radical (unpaired) electrons. The maximum Gasteiger partial charge on any atom is 0.155 e. The second-order valence-corrected chi connectivity index (χ2v) is 7.83. The van der Waals surface area contributed by atoms with E-state index >= 15 is 0 Å². The minimum atomic E-state index is -0.154. The average Bonchev–Trinajstić information content (AvgIpc) is 2.49. The van der Waals surface area contributed by atoms with Crippen LogP contribution >= 0.6 is 11.8 Å². The first kappa shape index (κ1) is 16.0. The standard InChI is InChI=1S/C15H29N3OS/c1-11-4-5-13(10-12(11)2)18-8-6-15(20-3,7-9-18)14(16)17-19/h11-13,19H,4-10H2,1-3H3,(H2,16,17). The van der Waals surface area contributed by atoms with Crippen molar-refractivity contribution >= 4 is 17.6 Å². The largest absolute Gasteiger partial charge is 0.409 e. The van der Waals surface area contributed by atoms with Gasteiger partial charge in [0.25, 0.3) is 0 Å². The van der Waals surface area contributed by atoms with Gasteiger partial charge in [0.15, 0.2) is 5.84 Å². The van der Waals surface area contributed by atoms with Crippen LogP contribution in [0.2, 0.25) is 0 Å². The number of amidine groups is 1. The molecular weight excluding hydrogens is 270 g/mol. The summed E-state index contributed by atoms with van der Waals surface area (Å²) in [5.74, 6) is 2.11. The van der Waals surface area contributed by atoms with Crippen molar-refractivity contribution in [1.29, 1.82) is 0 Å². The first-order chi connectivity index (χ1) is 9.52. The van der Waals surface area contributed by atoms with Crippen LogP contribution in [0.5, 0.6) is 0 Å². The summed E-state index contributed by atoms with van der Waals surface area (Å²) < 4.78 is -0.154. The summed E-state index contributed by atoms with van der Waals surface area (Å²) >= 11 is 1.73. The predicted molar refractivity (Wildman–Crippen MR) is 86.4 cm³/mol. The molecule has 0 aromatic carbocycles. The molecule has 2 fully saturated rings. The summed E-state index contributed by atoms with van der Waals surface area (Å²) in [6.07, 6.45) is 8.07. The van der Waals surface area contributed by atoms with Crippen LogP contribution in [0.1, 0.15) is 46.0 Å².